The van der Waals surface area contributed by atoms with E-state index in [4.69, 9.17) is 10.5 Å². The van der Waals surface area contributed by atoms with Crippen molar-refractivity contribution in [3.63, 3.8) is 0 Å². The van der Waals surface area contributed by atoms with Crippen molar-refractivity contribution >= 4 is 21.7 Å². The maximum absolute atomic E-state index is 13.0. The van der Waals surface area contributed by atoms with Crippen LogP contribution in [0, 0.1) is 56.7 Å². The molecule has 4 N–H and O–H groups in total. The molecule has 0 bridgehead atoms. The number of nitrogens with one attached hydrogen (secondary N) is 1. The average Bonchev–Trinajstić information content (AvgIpc) is 3.59. The molecule has 2 heterocycles. The molecule has 1 aliphatic heterocycles. The molecule has 0 aromatic carbocycles. The monoisotopic (exact) mass is 857 g/mol. The van der Waals surface area contributed by atoms with E-state index in [-0.39, 0.29) is 62.3 Å². The van der Waals surface area contributed by atoms with Crippen molar-refractivity contribution in [3.05, 3.63) is 71.7 Å². The number of nitrogens with two attached hydrogens (primary N) is 1. The number of amides is 1. The minimum atomic E-state index is -2.89. The average molecular weight is 857 g/mol. The molecule has 334 valence electrons. The van der Waals surface area contributed by atoms with Gasteiger partial charge in [0, 0.05) is 37.9 Å². The van der Waals surface area contributed by atoms with Crippen molar-refractivity contribution in [1.82, 2.24) is 15.2 Å². The van der Waals surface area contributed by atoms with Gasteiger partial charge in [0.15, 0.2) is 9.84 Å². The van der Waals surface area contributed by atoms with Crippen LogP contribution in [0.5, 0.6) is 5.88 Å². The van der Waals surface area contributed by atoms with Gasteiger partial charge < -0.3 is 25.8 Å². The van der Waals surface area contributed by atoms with Gasteiger partial charge in [0.05, 0.1) is 11.5 Å². The van der Waals surface area contributed by atoms with E-state index in [1.165, 1.54) is 80.3 Å². The Kier molecular flexibility index (Phi) is 11.2. The van der Waals surface area contributed by atoms with Gasteiger partial charge in [0.25, 0.3) is 5.91 Å². The number of pyridine rings is 1. The summed E-state index contributed by atoms with van der Waals surface area (Å²) < 4.78 is 30.2. The van der Waals surface area contributed by atoms with Gasteiger partial charge in [0.2, 0.25) is 5.88 Å². The van der Waals surface area contributed by atoms with Crippen molar-refractivity contribution in [2.24, 2.45) is 62.4 Å². The summed E-state index contributed by atoms with van der Waals surface area (Å²) in [6.07, 6.45) is 18.1. The summed E-state index contributed by atoms with van der Waals surface area (Å²) in [4.78, 5) is 31.6. The Morgan fingerprint density at radius 1 is 0.951 bits per heavy atom. The highest BCUT2D eigenvalue weighted by Crippen LogP contribution is 2.76. The van der Waals surface area contributed by atoms with Gasteiger partial charge in [-0.05, 0) is 159 Å². The molecule has 1 aromatic heterocycles. The summed E-state index contributed by atoms with van der Waals surface area (Å²) in [6, 6.07) is 3.11. The summed E-state index contributed by atoms with van der Waals surface area (Å²) >= 11 is 0. The molecule has 61 heavy (non-hydrogen) atoms. The number of primary amides is 1. The first-order valence-electron chi connectivity index (χ1n) is 23.2. The van der Waals surface area contributed by atoms with Gasteiger partial charge in [0.1, 0.15) is 16.7 Å². The second-order valence-corrected chi connectivity index (χ2v) is 24.2. The Bertz CT molecular complexity index is 2150. The van der Waals surface area contributed by atoms with Gasteiger partial charge in [-0.1, -0.05) is 65.5 Å². The third kappa shape index (κ3) is 7.00. The van der Waals surface area contributed by atoms with Crippen molar-refractivity contribution in [2.45, 2.75) is 124 Å². The van der Waals surface area contributed by atoms with Crippen LogP contribution in [-0.4, -0.2) is 78.5 Å². The quantitative estimate of drug-likeness (QED) is 0.147. The fourth-order valence-corrected chi connectivity index (χ4v) is 16.9. The highest BCUT2D eigenvalue weighted by atomic mass is 32.2. The molecule has 0 radical (unpaired) electrons. The van der Waals surface area contributed by atoms with E-state index in [2.05, 4.69) is 82.1 Å². The SMILES string of the molecule is C=C(C)[C@@H]1CC[C@]2(NCCN3CCS(=O)(=O)CC3)CC[C@]3(C)[C@H](CC[C@@H]4[C@@]5(C)CC=C(C6=CC[C@](C(=C)Oc7ncccc7C(N)=O)(C(=O)O)CC6)C(C)(C)[C@@H]5CC[C@]43C)[C@@H]12. The van der Waals surface area contributed by atoms with E-state index in [1.54, 1.807) is 6.07 Å². The number of carbonyl (C=O) groups excluding carboxylic acids is 1. The third-order valence-electron chi connectivity index (χ3n) is 19.0. The lowest BCUT2D eigenvalue weighted by Crippen LogP contribution is -2.68. The molecule has 11 heteroatoms. The Morgan fingerprint density at radius 2 is 1.69 bits per heavy atom. The van der Waals surface area contributed by atoms with Crippen LogP contribution in [0.3, 0.4) is 0 Å². The van der Waals surface area contributed by atoms with Crippen molar-refractivity contribution in [3.8, 4) is 5.88 Å². The maximum atomic E-state index is 13.0. The fourth-order valence-electron chi connectivity index (χ4n) is 15.6. The van der Waals surface area contributed by atoms with Crippen molar-refractivity contribution < 1.29 is 27.9 Å². The van der Waals surface area contributed by atoms with E-state index in [1.807, 2.05) is 0 Å². The number of carbonyl (C=O) groups is 2. The highest BCUT2D eigenvalue weighted by molar-refractivity contribution is 7.91. The molecule has 0 unspecified atom stereocenters. The number of carboxylic acid groups (broad SMARTS) is 1. The number of ether oxygens (including phenoxy) is 1. The van der Waals surface area contributed by atoms with Crippen LogP contribution >= 0.6 is 0 Å². The number of nitrogens with zero attached hydrogens (tertiary/aromatic N) is 2. The number of rotatable bonds is 11. The number of aliphatic carboxylic acids is 1. The predicted molar refractivity (Wildman–Crippen MR) is 240 cm³/mol. The Hall–Kier alpha value is -3.28. The second-order valence-electron chi connectivity index (χ2n) is 21.9. The largest absolute Gasteiger partial charge is 0.480 e. The number of sulfone groups is 1. The molecule has 10 nitrogen and oxygen atoms in total. The number of hydrogen-bond donors (Lipinski definition) is 3. The van der Waals surface area contributed by atoms with Crippen LogP contribution in [0.25, 0.3) is 0 Å². The molecule has 0 spiro atoms. The molecule has 1 amide bonds. The molecule has 6 aliphatic carbocycles. The van der Waals surface area contributed by atoms with Gasteiger partial charge in [-0.25, -0.2) is 13.4 Å². The standard InChI is InChI=1S/C50H72N4O6S/c1-32(2)35-15-22-50(53-26-27-54-28-30-61(58,59)31-29-54)24-23-47(7)38(41(35)50)11-12-40-46(6)18-16-37(45(4,5)39(46)17-19-48(40,47)8)34-13-20-49(21-14-34,44(56)57)33(3)60-43-36(42(51)55)10-9-25-52-43/h9-10,13,16,25,35,38-41,53H,1,3,11-12,14-15,17-24,26-31H2,2,4-8H3,(H2,51,55)(H,56,57)/t35-,38+,39-,40+,41+,46-,47+,48+,49-,50-/m0/s1. The molecular weight excluding hydrogens is 785 g/mol. The minimum Gasteiger partial charge on any atom is -0.480 e. The predicted octanol–water partition coefficient (Wildman–Crippen LogP) is 8.52. The Balaban J connectivity index is 1.02. The van der Waals surface area contributed by atoms with Crippen molar-refractivity contribution in [2.75, 3.05) is 37.7 Å². The molecular formula is C50H72N4O6S. The van der Waals surface area contributed by atoms with Crippen LogP contribution in [0.15, 0.2) is 66.1 Å². The lowest BCUT2D eigenvalue weighted by atomic mass is 9.33. The van der Waals surface area contributed by atoms with Crippen LogP contribution in [-0.2, 0) is 14.6 Å². The summed E-state index contributed by atoms with van der Waals surface area (Å²) in [5, 5.41) is 14.8. The zero-order valence-corrected chi connectivity index (χ0v) is 38.6. The minimum absolute atomic E-state index is 0.0213. The summed E-state index contributed by atoms with van der Waals surface area (Å²) in [5.74, 6) is 1.74. The topological polar surface area (TPSA) is 152 Å². The Labute approximate surface area is 365 Å². The van der Waals surface area contributed by atoms with Crippen molar-refractivity contribution in [1.29, 1.82) is 0 Å². The van der Waals surface area contributed by atoms with E-state index in [9.17, 15) is 23.1 Å². The van der Waals surface area contributed by atoms with Gasteiger partial charge in [-0.15, -0.1) is 0 Å². The zero-order valence-electron chi connectivity index (χ0n) is 37.8. The zero-order chi connectivity index (χ0) is 44.0. The lowest BCUT2D eigenvalue weighted by molar-refractivity contribution is -0.221. The van der Waals surface area contributed by atoms with Gasteiger partial charge in [-0.2, -0.15) is 0 Å². The van der Waals surface area contributed by atoms with Crippen LogP contribution in [0.1, 0.15) is 129 Å². The number of hydrogen-bond acceptors (Lipinski definition) is 8. The first-order chi connectivity index (χ1) is 28.6. The van der Waals surface area contributed by atoms with Crippen LogP contribution < -0.4 is 15.8 Å². The maximum Gasteiger partial charge on any atom is 0.317 e. The fraction of sp³-hybridized carbons (Fsp3) is 0.700. The molecule has 1 saturated heterocycles. The highest BCUT2D eigenvalue weighted by Gasteiger charge is 2.70. The van der Waals surface area contributed by atoms with E-state index in [0.29, 0.717) is 55.5 Å². The number of aromatic nitrogens is 1. The number of carboxylic acids is 1. The smallest absolute Gasteiger partial charge is 0.317 e. The normalized spacial score (nSPS) is 40.2. The van der Waals surface area contributed by atoms with Crippen LogP contribution in [0.2, 0.25) is 0 Å². The van der Waals surface area contributed by atoms with Gasteiger partial charge >= 0.3 is 5.97 Å². The molecule has 7 aliphatic rings. The molecule has 10 atom stereocenters. The first-order valence-corrected chi connectivity index (χ1v) is 25.0. The third-order valence-corrected chi connectivity index (χ3v) is 20.7. The van der Waals surface area contributed by atoms with E-state index >= 15 is 0 Å². The number of fused-ring (bicyclic) bond motifs is 7. The second kappa shape index (κ2) is 15.5. The summed E-state index contributed by atoms with van der Waals surface area (Å²) in [5.41, 5.74) is 8.86. The number of allylic oxidation sites excluding steroid dienone is 5. The summed E-state index contributed by atoms with van der Waals surface area (Å²) in [7, 11) is -2.89. The molecule has 8 rings (SSSR count). The lowest BCUT2D eigenvalue weighted by Gasteiger charge is -2.72. The molecule has 1 aromatic rings. The Morgan fingerprint density at radius 3 is 2.34 bits per heavy atom. The van der Waals surface area contributed by atoms with Gasteiger partial charge in [-0.3, -0.25) is 9.59 Å². The molecule has 5 fully saturated rings. The van der Waals surface area contributed by atoms with E-state index < -0.39 is 27.1 Å². The summed E-state index contributed by atoms with van der Waals surface area (Å²) in [6.45, 7) is 26.9. The van der Waals surface area contributed by atoms with Crippen LogP contribution in [0.4, 0.5) is 0 Å². The first kappa shape index (κ1) is 44.3. The molecule has 4 saturated carbocycles. The van der Waals surface area contributed by atoms with E-state index in [0.717, 1.165) is 19.5 Å².